The molecule has 0 aromatic heterocycles. The predicted octanol–water partition coefficient (Wildman–Crippen LogP) is 3.42. The molecule has 1 aromatic carbocycles. The molecule has 1 heterocycles. The Hall–Kier alpha value is -0.820. The van der Waals surface area contributed by atoms with Crippen LogP contribution in [0.25, 0.3) is 0 Å². The average Bonchev–Trinajstić information content (AvgIpc) is 2.14. The molecule has 0 aliphatic carbocycles. The molecular weight excluding hydrogens is 184 g/mol. The van der Waals surface area contributed by atoms with Crippen LogP contribution in [0.2, 0.25) is 0 Å². The van der Waals surface area contributed by atoms with E-state index in [9.17, 15) is 0 Å². The van der Waals surface area contributed by atoms with Crippen molar-refractivity contribution >= 4 is 0 Å². The normalized spacial score (nSPS) is 25.0. The minimum Gasteiger partial charge on any atom is -0.375 e. The van der Waals surface area contributed by atoms with E-state index in [1.807, 2.05) is 0 Å². The Balaban J connectivity index is 1.98. The first-order chi connectivity index (χ1) is 7.09. The lowest BCUT2D eigenvalue weighted by molar-refractivity contribution is -0.137. The molecule has 82 valence electrons. The number of ether oxygens (including phenoxy) is 1. The van der Waals surface area contributed by atoms with Crippen LogP contribution in [0.1, 0.15) is 36.5 Å². The van der Waals surface area contributed by atoms with Crippen molar-refractivity contribution in [1.82, 2.24) is 0 Å². The Morgan fingerprint density at radius 1 is 1.33 bits per heavy atom. The summed E-state index contributed by atoms with van der Waals surface area (Å²) in [4.78, 5) is 0. The quantitative estimate of drug-likeness (QED) is 0.733. The molecule has 0 bridgehead atoms. The van der Waals surface area contributed by atoms with Crippen LogP contribution in [0, 0.1) is 13.8 Å². The molecule has 1 heteroatoms. The van der Waals surface area contributed by atoms with E-state index < -0.39 is 0 Å². The van der Waals surface area contributed by atoms with E-state index in [0.29, 0.717) is 0 Å². The highest BCUT2D eigenvalue weighted by atomic mass is 16.5. The first kappa shape index (κ1) is 10.7. The van der Waals surface area contributed by atoms with Crippen molar-refractivity contribution in [1.29, 1.82) is 0 Å². The van der Waals surface area contributed by atoms with E-state index in [1.165, 1.54) is 23.1 Å². The van der Waals surface area contributed by atoms with Gasteiger partial charge in [-0.05, 0) is 51.2 Å². The highest BCUT2D eigenvalue weighted by molar-refractivity contribution is 5.30. The van der Waals surface area contributed by atoms with Crippen LogP contribution in [-0.4, -0.2) is 12.2 Å². The third-order valence-corrected chi connectivity index (χ3v) is 3.50. The molecule has 0 spiro atoms. The zero-order valence-electron chi connectivity index (χ0n) is 9.97. The fourth-order valence-electron chi connectivity index (χ4n) is 2.17. The molecule has 1 nitrogen and oxygen atoms in total. The maximum atomic E-state index is 5.60. The lowest BCUT2D eigenvalue weighted by atomic mass is 9.89. The van der Waals surface area contributed by atoms with Crippen LogP contribution < -0.4 is 0 Å². The van der Waals surface area contributed by atoms with Crippen LogP contribution in [0.4, 0.5) is 0 Å². The van der Waals surface area contributed by atoms with Gasteiger partial charge in [0.15, 0.2) is 0 Å². The van der Waals surface area contributed by atoms with Crippen molar-refractivity contribution in [2.24, 2.45) is 0 Å². The largest absolute Gasteiger partial charge is 0.375 e. The van der Waals surface area contributed by atoms with Crippen LogP contribution in [0.5, 0.6) is 0 Å². The van der Waals surface area contributed by atoms with Crippen LogP contribution in [0.3, 0.4) is 0 Å². The average molecular weight is 204 g/mol. The van der Waals surface area contributed by atoms with E-state index in [4.69, 9.17) is 4.74 Å². The topological polar surface area (TPSA) is 9.23 Å². The van der Waals surface area contributed by atoms with Gasteiger partial charge in [0.25, 0.3) is 0 Å². The summed E-state index contributed by atoms with van der Waals surface area (Å²) in [6, 6.07) is 6.72. The number of aryl methyl sites for hydroxylation is 3. The summed E-state index contributed by atoms with van der Waals surface area (Å²) in [7, 11) is 0. The first-order valence-electron chi connectivity index (χ1n) is 5.79. The molecule has 1 unspecified atom stereocenters. The van der Waals surface area contributed by atoms with E-state index >= 15 is 0 Å². The van der Waals surface area contributed by atoms with Crippen LogP contribution in [0.15, 0.2) is 18.2 Å². The van der Waals surface area contributed by atoms with Gasteiger partial charge in [-0.2, -0.15) is 0 Å². The smallest absolute Gasteiger partial charge is 0.0679 e. The summed E-state index contributed by atoms with van der Waals surface area (Å²) in [6.45, 7) is 7.52. The van der Waals surface area contributed by atoms with Crippen molar-refractivity contribution in [3.05, 3.63) is 34.9 Å². The number of hydrogen-bond donors (Lipinski definition) is 0. The molecule has 0 N–H and O–H groups in total. The van der Waals surface area contributed by atoms with E-state index in [1.54, 1.807) is 0 Å². The fourth-order valence-corrected chi connectivity index (χ4v) is 2.17. The van der Waals surface area contributed by atoms with Gasteiger partial charge in [0.2, 0.25) is 0 Å². The molecule has 1 aromatic rings. The zero-order valence-corrected chi connectivity index (χ0v) is 9.97. The van der Waals surface area contributed by atoms with Gasteiger partial charge in [-0.25, -0.2) is 0 Å². The molecule has 0 radical (unpaired) electrons. The number of rotatable bonds is 3. The second-order valence-electron chi connectivity index (χ2n) is 4.98. The third-order valence-electron chi connectivity index (χ3n) is 3.50. The predicted molar refractivity (Wildman–Crippen MR) is 63.2 cm³/mol. The minimum absolute atomic E-state index is 0.164. The second kappa shape index (κ2) is 3.97. The third kappa shape index (κ3) is 2.40. The summed E-state index contributed by atoms with van der Waals surface area (Å²) < 4.78 is 5.60. The van der Waals surface area contributed by atoms with Gasteiger partial charge in [-0.15, -0.1) is 0 Å². The highest BCUT2D eigenvalue weighted by Crippen LogP contribution is 2.31. The van der Waals surface area contributed by atoms with E-state index in [2.05, 4.69) is 39.0 Å². The van der Waals surface area contributed by atoms with Gasteiger partial charge in [0.1, 0.15) is 0 Å². The standard InChI is InChI=1S/C14H20O/c1-11-4-5-13(12(2)10-11)6-7-14(3)8-9-15-14/h4-5,10H,6-9H2,1-3H3. The molecular formula is C14H20O. The lowest BCUT2D eigenvalue weighted by Gasteiger charge is -2.39. The van der Waals surface area contributed by atoms with Gasteiger partial charge in [-0.1, -0.05) is 23.8 Å². The summed E-state index contributed by atoms with van der Waals surface area (Å²) in [6.07, 6.45) is 3.51. The molecule has 1 aliphatic heterocycles. The Bertz CT molecular complexity index is 350. The number of hydrogen-bond acceptors (Lipinski definition) is 1. The van der Waals surface area contributed by atoms with E-state index in [0.717, 1.165) is 19.4 Å². The highest BCUT2D eigenvalue weighted by Gasteiger charge is 2.32. The maximum absolute atomic E-state index is 5.60. The van der Waals surface area contributed by atoms with Crippen molar-refractivity contribution in [3.63, 3.8) is 0 Å². The molecule has 0 amide bonds. The summed E-state index contributed by atoms with van der Waals surface area (Å²) in [5, 5.41) is 0. The van der Waals surface area contributed by atoms with Crippen LogP contribution in [-0.2, 0) is 11.2 Å². The molecule has 1 aliphatic rings. The lowest BCUT2D eigenvalue weighted by Crippen LogP contribution is -2.40. The van der Waals surface area contributed by atoms with Crippen LogP contribution >= 0.6 is 0 Å². The molecule has 2 rings (SSSR count). The fraction of sp³-hybridized carbons (Fsp3) is 0.571. The second-order valence-corrected chi connectivity index (χ2v) is 4.98. The van der Waals surface area contributed by atoms with Crippen molar-refractivity contribution < 1.29 is 4.74 Å². The maximum Gasteiger partial charge on any atom is 0.0679 e. The first-order valence-corrected chi connectivity index (χ1v) is 5.79. The summed E-state index contributed by atoms with van der Waals surface area (Å²) in [5.41, 5.74) is 4.40. The Morgan fingerprint density at radius 2 is 2.07 bits per heavy atom. The molecule has 0 saturated carbocycles. The van der Waals surface area contributed by atoms with Crippen molar-refractivity contribution in [2.75, 3.05) is 6.61 Å². The van der Waals surface area contributed by atoms with Crippen molar-refractivity contribution in [3.8, 4) is 0 Å². The number of benzene rings is 1. The van der Waals surface area contributed by atoms with Crippen molar-refractivity contribution in [2.45, 2.75) is 45.6 Å². The molecule has 15 heavy (non-hydrogen) atoms. The SMILES string of the molecule is Cc1ccc(CCC2(C)CCO2)c(C)c1. The van der Waals surface area contributed by atoms with Gasteiger partial charge in [0.05, 0.1) is 12.2 Å². The molecule has 1 atom stereocenters. The summed E-state index contributed by atoms with van der Waals surface area (Å²) in [5.74, 6) is 0. The van der Waals surface area contributed by atoms with Gasteiger partial charge in [0, 0.05) is 0 Å². The zero-order chi connectivity index (χ0) is 10.9. The Kier molecular flexibility index (Phi) is 2.83. The molecule has 1 saturated heterocycles. The van der Waals surface area contributed by atoms with Gasteiger partial charge in [-0.3, -0.25) is 0 Å². The Labute approximate surface area is 92.5 Å². The van der Waals surface area contributed by atoms with Gasteiger partial charge >= 0.3 is 0 Å². The van der Waals surface area contributed by atoms with E-state index in [-0.39, 0.29) is 5.60 Å². The van der Waals surface area contributed by atoms with Gasteiger partial charge < -0.3 is 4.74 Å². The summed E-state index contributed by atoms with van der Waals surface area (Å²) >= 11 is 0. The molecule has 1 fully saturated rings. The Morgan fingerprint density at radius 3 is 2.60 bits per heavy atom. The minimum atomic E-state index is 0.164. The monoisotopic (exact) mass is 204 g/mol.